The number of aliphatic hydroxyl groups is 1. The van der Waals surface area contributed by atoms with Gasteiger partial charge >= 0.3 is 0 Å². The molecule has 1 N–H and O–H groups in total. The van der Waals surface area contributed by atoms with E-state index < -0.39 is 21.2 Å². The minimum absolute atomic E-state index is 0.202. The molecule has 0 heterocycles. The normalized spacial score (nSPS) is 29.2. The minimum Gasteiger partial charge on any atom is -0.392 e. The van der Waals surface area contributed by atoms with Crippen LogP contribution in [0, 0.1) is 5.92 Å². The van der Waals surface area contributed by atoms with E-state index in [1.807, 2.05) is 6.92 Å². The van der Waals surface area contributed by atoms with E-state index in [-0.39, 0.29) is 4.90 Å². The molecule has 1 aliphatic carbocycles. The molecule has 3 unspecified atom stereocenters. The van der Waals surface area contributed by atoms with Crippen molar-refractivity contribution in [1.82, 2.24) is 0 Å². The second-order valence-electron chi connectivity index (χ2n) is 5.03. The second kappa shape index (κ2) is 5.19. The van der Waals surface area contributed by atoms with Crippen molar-refractivity contribution in [3.63, 3.8) is 0 Å². The van der Waals surface area contributed by atoms with Crippen molar-refractivity contribution in [1.29, 1.82) is 0 Å². The summed E-state index contributed by atoms with van der Waals surface area (Å²) in [5, 5.41) is 9.63. The lowest BCUT2D eigenvalue weighted by atomic mass is 9.88. The fourth-order valence-electron chi connectivity index (χ4n) is 2.46. The van der Waals surface area contributed by atoms with Gasteiger partial charge in [-0.05, 0) is 43.4 Å². The van der Waals surface area contributed by atoms with Crippen molar-refractivity contribution in [2.45, 2.75) is 42.4 Å². The molecule has 1 fully saturated rings. The zero-order valence-electron chi connectivity index (χ0n) is 10.2. The Hall–Kier alpha value is -0.580. The van der Waals surface area contributed by atoms with Gasteiger partial charge in [-0.2, -0.15) is 0 Å². The van der Waals surface area contributed by atoms with Gasteiger partial charge in [0.1, 0.15) is 0 Å². The third-order valence-corrected chi connectivity index (χ3v) is 5.99. The fraction of sp³-hybridized carbons (Fsp3) is 0.538. The van der Waals surface area contributed by atoms with Crippen molar-refractivity contribution in [3.8, 4) is 0 Å². The Labute approximate surface area is 113 Å². The van der Waals surface area contributed by atoms with Gasteiger partial charge < -0.3 is 5.11 Å². The van der Waals surface area contributed by atoms with Gasteiger partial charge in [-0.1, -0.05) is 24.6 Å². The SMILES string of the molecule is CC1CCC(O)C(S(=O)(=O)c2cccc(Cl)c2)C1. The van der Waals surface area contributed by atoms with Gasteiger partial charge in [-0.3, -0.25) is 0 Å². The first kappa shape index (κ1) is 13.8. The number of rotatable bonds is 2. The second-order valence-corrected chi connectivity index (χ2v) is 7.63. The molecule has 1 aliphatic rings. The molecule has 100 valence electrons. The molecule has 0 amide bonds. The lowest BCUT2D eigenvalue weighted by Gasteiger charge is -2.31. The van der Waals surface area contributed by atoms with E-state index in [0.29, 0.717) is 23.8 Å². The smallest absolute Gasteiger partial charge is 0.183 e. The summed E-state index contributed by atoms with van der Waals surface area (Å²) in [6.45, 7) is 2.02. The predicted molar refractivity (Wildman–Crippen MR) is 71.4 cm³/mol. The molecule has 0 bridgehead atoms. The lowest BCUT2D eigenvalue weighted by Crippen LogP contribution is -2.39. The van der Waals surface area contributed by atoms with Crippen LogP contribution in [-0.2, 0) is 9.84 Å². The summed E-state index contributed by atoms with van der Waals surface area (Å²) in [5.41, 5.74) is 0. The number of hydrogen-bond acceptors (Lipinski definition) is 3. The molecule has 1 saturated carbocycles. The van der Waals surface area contributed by atoms with Crippen molar-refractivity contribution in [2.24, 2.45) is 5.92 Å². The zero-order valence-corrected chi connectivity index (χ0v) is 11.8. The van der Waals surface area contributed by atoms with Crippen LogP contribution >= 0.6 is 11.6 Å². The summed E-state index contributed by atoms with van der Waals surface area (Å²) < 4.78 is 25.0. The summed E-state index contributed by atoms with van der Waals surface area (Å²) in [6, 6.07) is 6.24. The van der Waals surface area contributed by atoms with Gasteiger partial charge in [0.05, 0.1) is 16.2 Å². The van der Waals surface area contributed by atoms with Gasteiger partial charge in [-0.25, -0.2) is 8.42 Å². The Bertz CT molecular complexity index is 527. The third-order valence-electron chi connectivity index (χ3n) is 3.54. The van der Waals surface area contributed by atoms with Crippen molar-refractivity contribution >= 4 is 21.4 Å². The molecule has 0 spiro atoms. The van der Waals surface area contributed by atoms with E-state index in [0.717, 1.165) is 6.42 Å². The van der Waals surface area contributed by atoms with Crippen LogP contribution in [0.15, 0.2) is 29.2 Å². The van der Waals surface area contributed by atoms with Crippen LogP contribution in [0.2, 0.25) is 5.02 Å². The molecule has 0 saturated heterocycles. The number of halogens is 1. The Morgan fingerprint density at radius 1 is 1.33 bits per heavy atom. The maximum atomic E-state index is 12.5. The maximum Gasteiger partial charge on any atom is 0.183 e. The fourth-order valence-corrected chi connectivity index (χ4v) is 4.76. The quantitative estimate of drug-likeness (QED) is 0.910. The van der Waals surface area contributed by atoms with Gasteiger partial charge in [0.2, 0.25) is 0 Å². The monoisotopic (exact) mass is 288 g/mol. The van der Waals surface area contributed by atoms with E-state index in [1.54, 1.807) is 12.1 Å². The molecular formula is C13H17ClO3S. The van der Waals surface area contributed by atoms with E-state index in [4.69, 9.17) is 11.6 Å². The Balaban J connectivity index is 2.35. The van der Waals surface area contributed by atoms with Crippen LogP contribution in [0.25, 0.3) is 0 Å². The summed E-state index contributed by atoms with van der Waals surface area (Å²) in [6.07, 6.45) is 1.16. The standard InChI is InChI=1S/C13H17ClO3S/c1-9-5-6-12(15)13(7-9)18(16,17)11-4-2-3-10(14)8-11/h2-4,8-9,12-13,15H,5-7H2,1H3. The van der Waals surface area contributed by atoms with Crippen LogP contribution in [-0.4, -0.2) is 24.9 Å². The van der Waals surface area contributed by atoms with Crippen molar-refractivity contribution in [3.05, 3.63) is 29.3 Å². The van der Waals surface area contributed by atoms with Crippen molar-refractivity contribution < 1.29 is 13.5 Å². The number of aliphatic hydroxyl groups excluding tert-OH is 1. The Kier molecular flexibility index (Phi) is 3.99. The minimum atomic E-state index is -3.50. The zero-order chi connectivity index (χ0) is 13.3. The largest absolute Gasteiger partial charge is 0.392 e. The first-order valence-corrected chi connectivity index (χ1v) is 8.01. The highest BCUT2D eigenvalue weighted by Gasteiger charge is 2.37. The average molecular weight is 289 g/mol. The first-order chi connectivity index (χ1) is 8.41. The van der Waals surface area contributed by atoms with E-state index in [9.17, 15) is 13.5 Å². The van der Waals surface area contributed by atoms with Crippen LogP contribution in [0.3, 0.4) is 0 Å². The van der Waals surface area contributed by atoms with E-state index in [1.165, 1.54) is 12.1 Å². The number of sulfone groups is 1. The molecular weight excluding hydrogens is 272 g/mol. The molecule has 3 atom stereocenters. The predicted octanol–water partition coefficient (Wildman–Crippen LogP) is 2.66. The number of hydrogen-bond donors (Lipinski definition) is 1. The molecule has 0 radical (unpaired) electrons. The van der Waals surface area contributed by atoms with E-state index >= 15 is 0 Å². The molecule has 0 aliphatic heterocycles. The van der Waals surface area contributed by atoms with Crippen LogP contribution in [0.4, 0.5) is 0 Å². The highest BCUT2D eigenvalue weighted by atomic mass is 35.5. The summed E-state index contributed by atoms with van der Waals surface area (Å²) in [5.74, 6) is 0.326. The maximum absolute atomic E-state index is 12.5. The van der Waals surface area contributed by atoms with Crippen molar-refractivity contribution in [2.75, 3.05) is 0 Å². The first-order valence-electron chi connectivity index (χ1n) is 6.09. The van der Waals surface area contributed by atoms with Gasteiger partial charge in [-0.15, -0.1) is 0 Å². The van der Waals surface area contributed by atoms with Gasteiger partial charge in [0.15, 0.2) is 9.84 Å². The Morgan fingerprint density at radius 3 is 2.72 bits per heavy atom. The molecule has 2 rings (SSSR count). The van der Waals surface area contributed by atoms with Crippen LogP contribution in [0.5, 0.6) is 0 Å². The molecule has 0 aromatic heterocycles. The highest BCUT2D eigenvalue weighted by molar-refractivity contribution is 7.92. The summed E-state index contributed by atoms with van der Waals surface area (Å²) in [4.78, 5) is 0.202. The molecule has 1 aromatic rings. The highest BCUT2D eigenvalue weighted by Crippen LogP contribution is 2.32. The van der Waals surface area contributed by atoms with Crippen LogP contribution in [0.1, 0.15) is 26.2 Å². The van der Waals surface area contributed by atoms with Crippen LogP contribution < -0.4 is 0 Å². The lowest BCUT2D eigenvalue weighted by molar-refractivity contribution is 0.116. The summed E-state index contributed by atoms with van der Waals surface area (Å²) in [7, 11) is -3.50. The molecule has 18 heavy (non-hydrogen) atoms. The van der Waals surface area contributed by atoms with Gasteiger partial charge in [0.25, 0.3) is 0 Å². The average Bonchev–Trinajstić information content (AvgIpc) is 2.32. The topological polar surface area (TPSA) is 54.4 Å². The third kappa shape index (κ3) is 2.71. The van der Waals surface area contributed by atoms with Gasteiger partial charge in [0, 0.05) is 5.02 Å². The molecule has 5 heteroatoms. The summed E-state index contributed by atoms with van der Waals surface area (Å²) >= 11 is 5.83. The molecule has 3 nitrogen and oxygen atoms in total. The number of benzene rings is 1. The molecule has 1 aromatic carbocycles. The van der Waals surface area contributed by atoms with E-state index in [2.05, 4.69) is 0 Å². The Morgan fingerprint density at radius 2 is 2.06 bits per heavy atom.